The molecule has 0 aliphatic carbocycles. The minimum atomic E-state index is -0.465. The molecular formula is C14H12N2O3. The lowest BCUT2D eigenvalue weighted by Crippen LogP contribution is -2.12. The van der Waals surface area contributed by atoms with Gasteiger partial charge in [0, 0.05) is 22.9 Å². The summed E-state index contributed by atoms with van der Waals surface area (Å²) in [7, 11) is 1.49. The van der Waals surface area contributed by atoms with Crippen molar-refractivity contribution in [3.63, 3.8) is 0 Å². The third-order valence-electron chi connectivity index (χ3n) is 2.77. The highest BCUT2D eigenvalue weighted by atomic mass is 16.5. The van der Waals surface area contributed by atoms with E-state index in [0.717, 1.165) is 0 Å². The molecule has 96 valence electrons. The van der Waals surface area contributed by atoms with Crippen molar-refractivity contribution in [1.29, 1.82) is 5.26 Å². The van der Waals surface area contributed by atoms with Gasteiger partial charge in [0.25, 0.3) is 5.56 Å². The molecule has 0 amide bonds. The van der Waals surface area contributed by atoms with Gasteiger partial charge in [-0.3, -0.25) is 4.79 Å². The summed E-state index contributed by atoms with van der Waals surface area (Å²) in [5.74, 6) is 0.460. The third kappa shape index (κ3) is 2.29. The molecule has 5 nitrogen and oxygen atoms in total. The van der Waals surface area contributed by atoms with E-state index in [1.165, 1.54) is 13.2 Å². The maximum Gasteiger partial charge on any atom is 0.266 e. The molecule has 2 N–H and O–H groups in total. The van der Waals surface area contributed by atoms with Gasteiger partial charge in [-0.05, 0) is 25.1 Å². The average molecular weight is 256 g/mol. The van der Waals surface area contributed by atoms with Crippen LogP contribution < -0.4 is 10.3 Å². The number of phenolic OH excluding ortho intramolecular Hbond substituents is 1. The first-order chi connectivity index (χ1) is 9.06. The molecule has 0 radical (unpaired) electrons. The van der Waals surface area contributed by atoms with E-state index in [4.69, 9.17) is 10.00 Å². The van der Waals surface area contributed by atoms with Crippen molar-refractivity contribution in [3.8, 4) is 28.7 Å². The number of nitrogens with zero attached hydrogens (tertiary/aromatic N) is 1. The summed E-state index contributed by atoms with van der Waals surface area (Å²) < 4.78 is 5.00. The Bertz CT molecular complexity index is 726. The molecule has 5 heteroatoms. The Morgan fingerprint density at radius 1 is 1.32 bits per heavy atom. The highest BCUT2D eigenvalue weighted by Crippen LogP contribution is 2.33. The Morgan fingerprint density at radius 2 is 2.05 bits per heavy atom. The molecule has 2 rings (SSSR count). The maximum absolute atomic E-state index is 11.7. The Kier molecular flexibility index (Phi) is 3.25. The van der Waals surface area contributed by atoms with Crippen LogP contribution in [0.15, 0.2) is 29.1 Å². The largest absolute Gasteiger partial charge is 0.507 e. The van der Waals surface area contributed by atoms with Crippen LogP contribution in [0.2, 0.25) is 0 Å². The SMILES string of the molecule is COc1ccc(-c2cc(C)[nH]c(=O)c2C#N)c(O)c1. The zero-order valence-electron chi connectivity index (χ0n) is 10.5. The summed E-state index contributed by atoms with van der Waals surface area (Å²) in [6, 6.07) is 8.22. The van der Waals surface area contributed by atoms with Crippen molar-refractivity contribution in [2.45, 2.75) is 6.92 Å². The first-order valence-corrected chi connectivity index (χ1v) is 5.58. The van der Waals surface area contributed by atoms with E-state index in [9.17, 15) is 9.90 Å². The number of aromatic hydroxyl groups is 1. The van der Waals surface area contributed by atoms with E-state index in [0.29, 0.717) is 22.6 Å². The lowest BCUT2D eigenvalue weighted by atomic mass is 10.00. The quantitative estimate of drug-likeness (QED) is 0.859. The number of methoxy groups -OCH3 is 1. The lowest BCUT2D eigenvalue weighted by Gasteiger charge is -2.09. The van der Waals surface area contributed by atoms with Crippen LogP contribution in [-0.4, -0.2) is 17.2 Å². The number of hydrogen-bond acceptors (Lipinski definition) is 4. The van der Waals surface area contributed by atoms with Crippen LogP contribution in [0.1, 0.15) is 11.3 Å². The molecule has 0 aliphatic rings. The van der Waals surface area contributed by atoms with Crippen LogP contribution in [0, 0.1) is 18.3 Å². The van der Waals surface area contributed by atoms with Crippen LogP contribution in [0.3, 0.4) is 0 Å². The number of nitrogens with one attached hydrogen (secondary N) is 1. The number of rotatable bonds is 2. The number of H-pyrrole nitrogens is 1. The second kappa shape index (κ2) is 4.86. The van der Waals surface area contributed by atoms with E-state index in [1.807, 2.05) is 6.07 Å². The van der Waals surface area contributed by atoms with E-state index >= 15 is 0 Å². The minimum Gasteiger partial charge on any atom is -0.507 e. The minimum absolute atomic E-state index is 0.0222. The highest BCUT2D eigenvalue weighted by molar-refractivity contribution is 5.76. The summed E-state index contributed by atoms with van der Waals surface area (Å²) in [6.45, 7) is 1.71. The van der Waals surface area contributed by atoms with Gasteiger partial charge in [0.2, 0.25) is 0 Å². The van der Waals surface area contributed by atoms with E-state index in [2.05, 4.69) is 4.98 Å². The first-order valence-electron chi connectivity index (χ1n) is 5.58. The van der Waals surface area contributed by atoms with E-state index in [-0.39, 0.29) is 11.3 Å². The number of phenols is 1. The predicted octanol–water partition coefficient (Wildman–Crippen LogP) is 1.94. The van der Waals surface area contributed by atoms with E-state index < -0.39 is 5.56 Å². The third-order valence-corrected chi connectivity index (χ3v) is 2.77. The molecular weight excluding hydrogens is 244 g/mol. The summed E-state index contributed by atoms with van der Waals surface area (Å²) in [6.07, 6.45) is 0. The molecule has 1 aromatic heterocycles. The fraction of sp³-hybridized carbons (Fsp3) is 0.143. The van der Waals surface area contributed by atoms with Crippen LogP contribution in [0.4, 0.5) is 0 Å². The monoisotopic (exact) mass is 256 g/mol. The summed E-state index contributed by atoms with van der Waals surface area (Å²) >= 11 is 0. The molecule has 0 fully saturated rings. The van der Waals surface area contributed by atoms with Gasteiger partial charge in [0.05, 0.1) is 7.11 Å². The standard InChI is InChI=1S/C14H12N2O3/c1-8-5-11(12(7-15)14(18)16-8)10-4-3-9(19-2)6-13(10)17/h3-6,17H,1-2H3,(H,16,18). The molecule has 2 aromatic rings. The molecule has 0 atom stereocenters. The molecule has 1 heterocycles. The number of aromatic amines is 1. The molecule has 19 heavy (non-hydrogen) atoms. The fourth-order valence-electron chi connectivity index (χ4n) is 1.88. The van der Waals surface area contributed by atoms with Crippen LogP contribution in [-0.2, 0) is 0 Å². The molecule has 0 aliphatic heterocycles. The zero-order valence-corrected chi connectivity index (χ0v) is 10.5. The van der Waals surface area contributed by atoms with Gasteiger partial charge in [-0.25, -0.2) is 0 Å². The molecule has 0 spiro atoms. The molecule has 0 bridgehead atoms. The number of hydrogen-bond donors (Lipinski definition) is 2. The Morgan fingerprint density at radius 3 is 2.63 bits per heavy atom. The Labute approximate surface area is 109 Å². The second-order valence-electron chi connectivity index (χ2n) is 4.07. The van der Waals surface area contributed by atoms with Gasteiger partial charge in [-0.2, -0.15) is 5.26 Å². The van der Waals surface area contributed by atoms with Gasteiger partial charge in [-0.15, -0.1) is 0 Å². The van der Waals surface area contributed by atoms with Gasteiger partial charge in [0.15, 0.2) is 0 Å². The average Bonchev–Trinajstić information content (AvgIpc) is 2.37. The van der Waals surface area contributed by atoms with Gasteiger partial charge >= 0.3 is 0 Å². The molecule has 0 saturated heterocycles. The Balaban J connectivity index is 2.72. The van der Waals surface area contributed by atoms with Crippen molar-refractivity contribution in [2.75, 3.05) is 7.11 Å². The molecule has 0 saturated carbocycles. The number of pyridine rings is 1. The van der Waals surface area contributed by atoms with Crippen molar-refractivity contribution in [1.82, 2.24) is 4.98 Å². The topological polar surface area (TPSA) is 86.1 Å². The second-order valence-corrected chi connectivity index (χ2v) is 4.07. The van der Waals surface area contributed by atoms with Crippen molar-refractivity contribution in [2.24, 2.45) is 0 Å². The predicted molar refractivity (Wildman–Crippen MR) is 70.2 cm³/mol. The highest BCUT2D eigenvalue weighted by Gasteiger charge is 2.13. The molecule has 1 aromatic carbocycles. The van der Waals surface area contributed by atoms with Crippen molar-refractivity contribution >= 4 is 0 Å². The lowest BCUT2D eigenvalue weighted by molar-refractivity contribution is 0.408. The maximum atomic E-state index is 11.7. The van der Waals surface area contributed by atoms with E-state index in [1.54, 1.807) is 25.1 Å². The smallest absolute Gasteiger partial charge is 0.266 e. The summed E-state index contributed by atoms with van der Waals surface area (Å²) in [5.41, 5.74) is 0.962. The normalized spacial score (nSPS) is 9.95. The van der Waals surface area contributed by atoms with Gasteiger partial charge in [-0.1, -0.05) is 0 Å². The molecule has 0 unspecified atom stereocenters. The number of nitriles is 1. The van der Waals surface area contributed by atoms with Crippen LogP contribution >= 0.6 is 0 Å². The van der Waals surface area contributed by atoms with Crippen LogP contribution in [0.5, 0.6) is 11.5 Å². The first kappa shape index (κ1) is 12.7. The zero-order chi connectivity index (χ0) is 14.0. The van der Waals surface area contributed by atoms with Crippen molar-refractivity contribution < 1.29 is 9.84 Å². The van der Waals surface area contributed by atoms with Gasteiger partial charge < -0.3 is 14.8 Å². The Hall–Kier alpha value is -2.74. The fourth-order valence-corrected chi connectivity index (χ4v) is 1.88. The summed E-state index contributed by atoms with van der Waals surface area (Å²) in [4.78, 5) is 14.3. The van der Waals surface area contributed by atoms with Crippen LogP contribution in [0.25, 0.3) is 11.1 Å². The summed E-state index contributed by atoms with van der Waals surface area (Å²) in [5, 5.41) is 19.0. The number of aromatic nitrogens is 1. The number of benzene rings is 1. The van der Waals surface area contributed by atoms with Crippen molar-refractivity contribution in [3.05, 3.63) is 45.9 Å². The van der Waals surface area contributed by atoms with Gasteiger partial charge in [0.1, 0.15) is 23.1 Å². The number of ether oxygens (including phenoxy) is 1. The number of aryl methyl sites for hydroxylation is 1.